The van der Waals surface area contributed by atoms with Crippen LogP contribution in [0.25, 0.3) is 0 Å². The van der Waals surface area contributed by atoms with E-state index in [1.54, 1.807) is 0 Å². The Morgan fingerprint density at radius 1 is 1.29 bits per heavy atom. The third-order valence-electron chi connectivity index (χ3n) is 3.97. The Labute approximate surface area is 109 Å². The maximum Gasteiger partial charge on any atom is 0.0300 e. The van der Waals surface area contributed by atoms with Gasteiger partial charge < -0.3 is 5.73 Å². The number of thioether (sulfide) groups is 1. The fraction of sp³-hybridized carbons (Fsp3) is 0.600. The Bertz CT molecular complexity index is 369. The monoisotopic (exact) mass is 249 g/mol. The van der Waals surface area contributed by atoms with Gasteiger partial charge >= 0.3 is 0 Å². The number of benzene rings is 1. The van der Waals surface area contributed by atoms with Gasteiger partial charge in [-0.25, -0.2) is 0 Å². The first kappa shape index (κ1) is 13.0. The van der Waals surface area contributed by atoms with Gasteiger partial charge in [0.15, 0.2) is 0 Å². The van der Waals surface area contributed by atoms with Gasteiger partial charge in [-0.3, -0.25) is 0 Å². The summed E-state index contributed by atoms with van der Waals surface area (Å²) in [6.07, 6.45) is 3.86. The van der Waals surface area contributed by atoms with E-state index in [2.05, 4.69) is 43.8 Å². The van der Waals surface area contributed by atoms with Gasteiger partial charge in [-0.15, -0.1) is 0 Å². The molecule has 2 rings (SSSR count). The lowest BCUT2D eigenvalue weighted by Crippen LogP contribution is -2.19. The minimum absolute atomic E-state index is 0.225. The van der Waals surface area contributed by atoms with E-state index in [9.17, 15) is 0 Å². The van der Waals surface area contributed by atoms with Crippen LogP contribution < -0.4 is 5.73 Å². The quantitative estimate of drug-likeness (QED) is 0.881. The molecule has 1 aliphatic rings. The third kappa shape index (κ3) is 3.26. The summed E-state index contributed by atoms with van der Waals surface area (Å²) >= 11 is 2.09. The SMILES string of the molecule is Cc1cccc(C(N)CC2CCSCC2)c1C. The van der Waals surface area contributed by atoms with Gasteiger partial charge in [-0.2, -0.15) is 11.8 Å². The molecule has 1 heterocycles. The highest BCUT2D eigenvalue weighted by atomic mass is 32.2. The molecule has 1 aliphatic heterocycles. The number of aryl methyl sites for hydroxylation is 1. The predicted molar refractivity (Wildman–Crippen MR) is 77.5 cm³/mol. The van der Waals surface area contributed by atoms with E-state index >= 15 is 0 Å². The fourth-order valence-electron chi connectivity index (χ4n) is 2.64. The van der Waals surface area contributed by atoms with E-state index < -0.39 is 0 Å². The molecule has 17 heavy (non-hydrogen) atoms. The molecule has 1 atom stereocenters. The van der Waals surface area contributed by atoms with Gasteiger partial charge in [-0.05, 0) is 67.2 Å². The average molecular weight is 249 g/mol. The lowest BCUT2D eigenvalue weighted by atomic mass is 9.88. The summed E-state index contributed by atoms with van der Waals surface area (Å²) in [5, 5.41) is 0. The Kier molecular flexibility index (Phi) is 4.52. The molecule has 2 heteroatoms. The summed E-state index contributed by atoms with van der Waals surface area (Å²) in [4.78, 5) is 0. The highest BCUT2D eigenvalue weighted by Gasteiger charge is 2.19. The molecule has 1 fully saturated rings. The van der Waals surface area contributed by atoms with Crippen LogP contribution in [0.5, 0.6) is 0 Å². The zero-order valence-electron chi connectivity index (χ0n) is 10.9. The van der Waals surface area contributed by atoms with Crippen LogP contribution in [0.4, 0.5) is 0 Å². The van der Waals surface area contributed by atoms with Gasteiger partial charge in [0.1, 0.15) is 0 Å². The van der Waals surface area contributed by atoms with E-state index in [-0.39, 0.29) is 6.04 Å². The van der Waals surface area contributed by atoms with E-state index in [4.69, 9.17) is 5.73 Å². The standard InChI is InChI=1S/C15H23NS/c1-11-4-3-5-14(12(11)2)15(16)10-13-6-8-17-9-7-13/h3-5,13,15H,6-10,16H2,1-2H3. The molecule has 0 spiro atoms. The zero-order chi connectivity index (χ0) is 12.3. The van der Waals surface area contributed by atoms with Crippen molar-refractivity contribution in [1.29, 1.82) is 0 Å². The van der Waals surface area contributed by atoms with Gasteiger partial charge in [0.25, 0.3) is 0 Å². The van der Waals surface area contributed by atoms with Crippen LogP contribution in [0.2, 0.25) is 0 Å². The maximum absolute atomic E-state index is 6.39. The Hall–Kier alpha value is -0.470. The van der Waals surface area contributed by atoms with Gasteiger partial charge in [0.2, 0.25) is 0 Å². The van der Waals surface area contributed by atoms with E-state index in [0.717, 1.165) is 12.3 Å². The van der Waals surface area contributed by atoms with Gasteiger partial charge in [0, 0.05) is 6.04 Å². The molecular weight excluding hydrogens is 226 g/mol. The van der Waals surface area contributed by atoms with E-state index in [1.165, 1.54) is 41.0 Å². The second-order valence-electron chi connectivity index (χ2n) is 5.19. The molecule has 0 bridgehead atoms. The van der Waals surface area contributed by atoms with Crippen molar-refractivity contribution in [3.63, 3.8) is 0 Å². The smallest absolute Gasteiger partial charge is 0.0300 e. The van der Waals surface area contributed by atoms with E-state index in [1.807, 2.05) is 0 Å². The van der Waals surface area contributed by atoms with Crippen LogP contribution in [0.15, 0.2) is 18.2 Å². The first-order chi connectivity index (χ1) is 8.18. The molecule has 1 aromatic carbocycles. The van der Waals surface area contributed by atoms with Crippen molar-refractivity contribution in [3.05, 3.63) is 34.9 Å². The van der Waals surface area contributed by atoms with Crippen molar-refractivity contribution >= 4 is 11.8 Å². The zero-order valence-corrected chi connectivity index (χ0v) is 11.7. The van der Waals surface area contributed by atoms with E-state index in [0.29, 0.717) is 0 Å². The predicted octanol–water partition coefficient (Wildman–Crippen LogP) is 3.84. The molecule has 1 unspecified atom stereocenters. The van der Waals surface area contributed by atoms with Crippen molar-refractivity contribution in [1.82, 2.24) is 0 Å². The summed E-state index contributed by atoms with van der Waals surface area (Å²) in [6, 6.07) is 6.73. The molecule has 2 N–H and O–H groups in total. The second kappa shape index (κ2) is 5.92. The second-order valence-corrected chi connectivity index (χ2v) is 6.41. The number of rotatable bonds is 3. The van der Waals surface area contributed by atoms with Crippen molar-refractivity contribution in [2.45, 2.75) is 39.2 Å². The number of hydrogen-bond acceptors (Lipinski definition) is 2. The van der Waals surface area contributed by atoms with Gasteiger partial charge in [-0.1, -0.05) is 18.2 Å². The third-order valence-corrected chi connectivity index (χ3v) is 5.02. The van der Waals surface area contributed by atoms with Crippen molar-refractivity contribution < 1.29 is 0 Å². The summed E-state index contributed by atoms with van der Waals surface area (Å²) in [6.45, 7) is 4.37. The Morgan fingerprint density at radius 3 is 2.71 bits per heavy atom. The molecule has 94 valence electrons. The average Bonchev–Trinajstić information content (AvgIpc) is 2.34. The van der Waals surface area contributed by atoms with Crippen LogP contribution >= 0.6 is 11.8 Å². The molecule has 0 aromatic heterocycles. The van der Waals surface area contributed by atoms with Crippen molar-refractivity contribution in [2.24, 2.45) is 11.7 Å². The summed E-state index contributed by atoms with van der Waals surface area (Å²) < 4.78 is 0. The largest absolute Gasteiger partial charge is 0.324 e. The number of nitrogens with two attached hydrogens (primary N) is 1. The maximum atomic E-state index is 6.39. The first-order valence-electron chi connectivity index (χ1n) is 6.58. The lowest BCUT2D eigenvalue weighted by molar-refractivity contribution is 0.412. The van der Waals surface area contributed by atoms with Gasteiger partial charge in [0.05, 0.1) is 0 Å². The highest BCUT2D eigenvalue weighted by molar-refractivity contribution is 7.99. The molecule has 0 saturated carbocycles. The summed E-state index contributed by atoms with van der Waals surface area (Å²) in [5.41, 5.74) is 10.5. The van der Waals surface area contributed by atoms with Crippen LogP contribution in [0.3, 0.4) is 0 Å². The van der Waals surface area contributed by atoms with Crippen molar-refractivity contribution in [3.8, 4) is 0 Å². The van der Waals surface area contributed by atoms with Crippen LogP contribution in [-0.2, 0) is 0 Å². The Balaban J connectivity index is 2.03. The summed E-state index contributed by atoms with van der Waals surface area (Å²) in [5.74, 6) is 3.49. The molecular formula is C15H23NS. The van der Waals surface area contributed by atoms with Crippen molar-refractivity contribution in [2.75, 3.05) is 11.5 Å². The first-order valence-corrected chi connectivity index (χ1v) is 7.73. The topological polar surface area (TPSA) is 26.0 Å². The molecule has 1 nitrogen and oxygen atoms in total. The minimum atomic E-state index is 0.225. The molecule has 0 amide bonds. The molecule has 0 aliphatic carbocycles. The normalized spacial score (nSPS) is 19.2. The lowest BCUT2D eigenvalue weighted by Gasteiger charge is -2.25. The highest BCUT2D eigenvalue weighted by Crippen LogP contribution is 2.31. The van der Waals surface area contributed by atoms with Crippen LogP contribution in [-0.4, -0.2) is 11.5 Å². The van der Waals surface area contributed by atoms with Crippen LogP contribution in [0.1, 0.15) is 42.0 Å². The Morgan fingerprint density at radius 2 is 2.00 bits per heavy atom. The fourth-order valence-corrected chi connectivity index (χ4v) is 3.85. The van der Waals surface area contributed by atoms with Crippen LogP contribution in [0, 0.1) is 19.8 Å². The summed E-state index contributed by atoms with van der Waals surface area (Å²) in [7, 11) is 0. The molecule has 0 radical (unpaired) electrons. The molecule has 1 saturated heterocycles. The number of hydrogen-bond donors (Lipinski definition) is 1. The minimum Gasteiger partial charge on any atom is -0.324 e. The molecule has 1 aromatic rings.